The van der Waals surface area contributed by atoms with Crippen molar-refractivity contribution >= 4 is 35.0 Å². The average Bonchev–Trinajstić information content (AvgIpc) is 3.15. The molecule has 196 valence electrons. The molecular weight excluding hydrogens is 502 g/mol. The first-order valence-corrected chi connectivity index (χ1v) is 13.1. The maximum absolute atomic E-state index is 12.9. The smallest absolute Gasteiger partial charge is 0.343 e. The number of hydrogen-bond donors (Lipinski definition) is 0. The zero-order chi connectivity index (χ0) is 27.2. The summed E-state index contributed by atoms with van der Waals surface area (Å²) < 4.78 is 17.1. The van der Waals surface area contributed by atoms with E-state index in [1.165, 1.54) is 4.90 Å². The van der Waals surface area contributed by atoms with Gasteiger partial charge in [0.1, 0.15) is 12.4 Å². The van der Waals surface area contributed by atoms with Crippen LogP contribution >= 0.6 is 11.8 Å². The molecule has 0 aliphatic carbocycles. The number of imide groups is 1. The van der Waals surface area contributed by atoms with Crippen LogP contribution in [0.3, 0.4) is 0 Å². The monoisotopic (exact) mass is 531 g/mol. The van der Waals surface area contributed by atoms with E-state index < -0.39 is 5.97 Å². The number of thioether (sulfide) groups is 1. The van der Waals surface area contributed by atoms with Crippen LogP contribution in [0.15, 0.2) is 65.6 Å². The van der Waals surface area contributed by atoms with Gasteiger partial charge in [-0.25, -0.2) is 4.79 Å². The second-order valence-electron chi connectivity index (χ2n) is 8.85. The van der Waals surface area contributed by atoms with Crippen molar-refractivity contribution in [1.82, 2.24) is 4.90 Å². The van der Waals surface area contributed by atoms with Gasteiger partial charge in [0.2, 0.25) is 0 Å². The van der Waals surface area contributed by atoms with Crippen LogP contribution in [-0.2, 0) is 4.79 Å². The van der Waals surface area contributed by atoms with Crippen molar-refractivity contribution in [2.45, 2.75) is 27.7 Å². The Morgan fingerprint density at radius 1 is 0.868 bits per heavy atom. The quantitative estimate of drug-likeness (QED) is 0.181. The van der Waals surface area contributed by atoms with E-state index >= 15 is 0 Å². The first kappa shape index (κ1) is 27.0. The molecule has 2 amide bonds. The molecule has 3 aromatic rings. The van der Waals surface area contributed by atoms with Gasteiger partial charge in [-0.1, -0.05) is 35.9 Å². The summed E-state index contributed by atoms with van der Waals surface area (Å²) in [6.07, 6.45) is 1.63. The number of benzene rings is 3. The first-order chi connectivity index (χ1) is 18.2. The number of carbonyl (C=O) groups excluding carboxylic acids is 3. The van der Waals surface area contributed by atoms with Gasteiger partial charge in [0, 0.05) is 0 Å². The Kier molecular flexibility index (Phi) is 8.53. The summed E-state index contributed by atoms with van der Waals surface area (Å²) in [4.78, 5) is 39.6. The number of nitrogens with zero attached hydrogens (tertiary/aromatic N) is 1. The molecular formula is C30H29NO6S. The van der Waals surface area contributed by atoms with Gasteiger partial charge in [-0.05, 0) is 92.6 Å². The van der Waals surface area contributed by atoms with Crippen LogP contribution in [0.2, 0.25) is 0 Å². The number of rotatable bonds is 9. The largest absolute Gasteiger partial charge is 0.491 e. The third-order valence-corrected chi connectivity index (χ3v) is 6.75. The summed E-state index contributed by atoms with van der Waals surface area (Å²) in [6, 6.07) is 18.0. The SMILES string of the molecule is CCOc1cc(/C=C2\SC(=O)N(CCOc3cc(C)ccc3C)C2=O)ccc1OC(=O)c1ccc(C)cc1. The Hall–Kier alpha value is -4.04. The molecule has 0 bridgehead atoms. The van der Waals surface area contributed by atoms with E-state index in [4.69, 9.17) is 14.2 Å². The highest BCUT2D eigenvalue weighted by Crippen LogP contribution is 2.35. The lowest BCUT2D eigenvalue weighted by atomic mass is 10.1. The van der Waals surface area contributed by atoms with Crippen molar-refractivity contribution in [3.8, 4) is 17.2 Å². The van der Waals surface area contributed by atoms with Gasteiger partial charge >= 0.3 is 5.97 Å². The van der Waals surface area contributed by atoms with Gasteiger partial charge in [-0.3, -0.25) is 14.5 Å². The van der Waals surface area contributed by atoms with Gasteiger partial charge in [0.05, 0.1) is 23.6 Å². The molecule has 0 saturated carbocycles. The fourth-order valence-electron chi connectivity index (χ4n) is 3.77. The van der Waals surface area contributed by atoms with Gasteiger partial charge in [0.15, 0.2) is 11.5 Å². The summed E-state index contributed by atoms with van der Waals surface area (Å²) in [6.45, 7) is 8.39. The van der Waals surface area contributed by atoms with Crippen molar-refractivity contribution in [1.29, 1.82) is 0 Å². The molecule has 0 spiro atoms. The molecule has 8 heteroatoms. The summed E-state index contributed by atoms with van der Waals surface area (Å²) in [5.74, 6) is 0.494. The molecule has 0 N–H and O–H groups in total. The molecule has 38 heavy (non-hydrogen) atoms. The molecule has 1 aliphatic rings. The third kappa shape index (κ3) is 6.44. The van der Waals surface area contributed by atoms with Crippen molar-refractivity contribution in [2.75, 3.05) is 19.8 Å². The molecule has 1 aliphatic heterocycles. The predicted molar refractivity (Wildman–Crippen MR) is 148 cm³/mol. The lowest BCUT2D eigenvalue weighted by molar-refractivity contribution is -0.123. The molecule has 0 aromatic heterocycles. The Morgan fingerprint density at radius 3 is 2.34 bits per heavy atom. The maximum Gasteiger partial charge on any atom is 0.343 e. The topological polar surface area (TPSA) is 82.1 Å². The molecule has 7 nitrogen and oxygen atoms in total. The second-order valence-corrected chi connectivity index (χ2v) is 9.84. The Labute approximate surface area is 226 Å². The van der Waals surface area contributed by atoms with Crippen LogP contribution in [0.25, 0.3) is 6.08 Å². The zero-order valence-corrected chi connectivity index (χ0v) is 22.6. The lowest BCUT2D eigenvalue weighted by Gasteiger charge is -2.14. The van der Waals surface area contributed by atoms with Crippen LogP contribution in [0.1, 0.15) is 39.5 Å². The summed E-state index contributed by atoms with van der Waals surface area (Å²) in [5.41, 5.74) is 4.17. The second kappa shape index (κ2) is 12.0. The molecule has 1 fully saturated rings. The third-order valence-electron chi connectivity index (χ3n) is 5.84. The zero-order valence-electron chi connectivity index (χ0n) is 21.8. The van der Waals surface area contributed by atoms with E-state index in [0.717, 1.165) is 34.2 Å². The average molecular weight is 532 g/mol. The number of esters is 1. The van der Waals surface area contributed by atoms with Crippen molar-refractivity contribution in [2.24, 2.45) is 0 Å². The van der Waals surface area contributed by atoms with Crippen LogP contribution in [0.5, 0.6) is 17.2 Å². The van der Waals surface area contributed by atoms with Gasteiger partial charge < -0.3 is 14.2 Å². The Morgan fingerprint density at radius 2 is 1.61 bits per heavy atom. The van der Waals surface area contributed by atoms with Crippen molar-refractivity contribution in [3.05, 3.63) is 93.4 Å². The number of amides is 2. The van der Waals surface area contributed by atoms with Gasteiger partial charge in [-0.15, -0.1) is 0 Å². The first-order valence-electron chi connectivity index (χ1n) is 12.3. The van der Waals surface area contributed by atoms with E-state index in [9.17, 15) is 14.4 Å². The minimum atomic E-state index is -0.497. The number of carbonyl (C=O) groups is 3. The minimum Gasteiger partial charge on any atom is -0.491 e. The Balaban J connectivity index is 1.45. The molecule has 0 atom stereocenters. The fourth-order valence-corrected chi connectivity index (χ4v) is 4.63. The van der Waals surface area contributed by atoms with E-state index in [-0.39, 0.29) is 30.0 Å². The van der Waals surface area contributed by atoms with Gasteiger partial charge in [-0.2, -0.15) is 0 Å². The minimum absolute atomic E-state index is 0.146. The number of aryl methyl sites for hydroxylation is 3. The van der Waals surface area contributed by atoms with Crippen LogP contribution in [0, 0.1) is 20.8 Å². The number of ether oxygens (including phenoxy) is 3. The highest BCUT2D eigenvalue weighted by molar-refractivity contribution is 8.18. The molecule has 0 unspecified atom stereocenters. The normalized spacial score (nSPS) is 14.2. The fraction of sp³-hybridized carbons (Fsp3) is 0.233. The van der Waals surface area contributed by atoms with Crippen LogP contribution in [0.4, 0.5) is 4.79 Å². The molecule has 4 rings (SSSR count). The van der Waals surface area contributed by atoms with Crippen molar-refractivity contribution in [3.63, 3.8) is 0 Å². The number of hydrogen-bond acceptors (Lipinski definition) is 7. The van der Waals surface area contributed by atoms with E-state index in [0.29, 0.717) is 28.4 Å². The summed E-state index contributed by atoms with van der Waals surface area (Å²) >= 11 is 0.878. The van der Waals surface area contributed by atoms with E-state index in [1.54, 1.807) is 36.4 Å². The van der Waals surface area contributed by atoms with Crippen LogP contribution in [-0.4, -0.2) is 41.8 Å². The molecule has 1 heterocycles. The maximum atomic E-state index is 12.9. The van der Waals surface area contributed by atoms with E-state index in [1.807, 2.05) is 58.0 Å². The molecule has 0 radical (unpaired) electrons. The van der Waals surface area contributed by atoms with Gasteiger partial charge in [0.25, 0.3) is 11.1 Å². The van der Waals surface area contributed by atoms with Crippen molar-refractivity contribution < 1.29 is 28.6 Å². The molecule has 1 saturated heterocycles. The standard InChI is InChI=1S/C30H29NO6S/c1-5-35-26-17-22(10-13-24(26)37-29(33)23-11-7-19(2)8-12-23)18-27-28(32)31(30(34)38-27)14-15-36-25-16-20(3)6-9-21(25)4/h6-13,16-18H,5,14-15H2,1-4H3/b27-18-. The molecule has 3 aromatic carbocycles. The van der Waals surface area contributed by atoms with E-state index in [2.05, 4.69) is 0 Å². The summed E-state index contributed by atoms with van der Waals surface area (Å²) in [7, 11) is 0. The highest BCUT2D eigenvalue weighted by Gasteiger charge is 2.35. The van der Waals surface area contributed by atoms with Crippen LogP contribution < -0.4 is 14.2 Å². The lowest BCUT2D eigenvalue weighted by Crippen LogP contribution is -2.32. The Bertz CT molecular complexity index is 1400. The predicted octanol–water partition coefficient (Wildman–Crippen LogP) is 6.35. The highest BCUT2D eigenvalue weighted by atomic mass is 32.2. The summed E-state index contributed by atoms with van der Waals surface area (Å²) in [5, 5.41) is -0.348.